The quantitative estimate of drug-likeness (QED) is 0.814. The van der Waals surface area contributed by atoms with E-state index in [-0.39, 0.29) is 11.8 Å². The summed E-state index contributed by atoms with van der Waals surface area (Å²) in [5.41, 5.74) is 1.47. The zero-order valence-electron chi connectivity index (χ0n) is 8.25. The zero-order valence-corrected chi connectivity index (χ0v) is 9.07. The van der Waals surface area contributed by atoms with Crippen molar-refractivity contribution >= 4 is 17.7 Å². The van der Waals surface area contributed by atoms with Gasteiger partial charge < -0.3 is 5.11 Å². The van der Waals surface area contributed by atoms with Gasteiger partial charge in [-0.25, -0.2) is 4.79 Å². The van der Waals surface area contributed by atoms with E-state index in [0.29, 0.717) is 10.5 Å². The Balaban J connectivity index is 2.99. The van der Waals surface area contributed by atoms with E-state index in [1.54, 1.807) is 32.0 Å². The molecule has 0 aromatic heterocycles. The third kappa shape index (κ3) is 2.92. The van der Waals surface area contributed by atoms with Crippen LogP contribution in [0.15, 0.2) is 23.1 Å². The van der Waals surface area contributed by atoms with Crippen LogP contribution in [0.5, 0.6) is 0 Å². The fourth-order valence-corrected chi connectivity index (χ4v) is 1.84. The Morgan fingerprint density at radius 1 is 1.40 bits per heavy atom. The normalized spacial score (nSPS) is 11.5. The molecule has 1 N–H and O–H groups in total. The smallest absolute Gasteiger partial charge is 0.393 e. The number of aliphatic carboxylic acids is 1. The molecule has 1 aromatic carbocycles. The van der Waals surface area contributed by atoms with Crippen molar-refractivity contribution in [1.29, 1.82) is 0 Å². The number of thioether (sulfide) groups is 1. The first-order chi connectivity index (χ1) is 6.83. The average Bonchev–Trinajstić information content (AvgIpc) is 2.10. The van der Waals surface area contributed by atoms with Crippen LogP contribution in [0.25, 0.3) is 0 Å². The predicted molar refractivity (Wildman–Crippen MR) is 54.4 cm³/mol. The largest absolute Gasteiger partial charge is 0.476 e. The predicted octanol–water partition coefficient (Wildman–Crippen LogP) is 3.07. The maximum atomic E-state index is 12.9. The van der Waals surface area contributed by atoms with Crippen LogP contribution in [0.3, 0.4) is 0 Å². The van der Waals surface area contributed by atoms with Crippen molar-refractivity contribution in [3.05, 3.63) is 29.3 Å². The molecule has 0 aliphatic heterocycles. The minimum absolute atomic E-state index is 0.0619. The van der Waals surface area contributed by atoms with E-state index in [1.165, 1.54) is 0 Å². The summed E-state index contributed by atoms with van der Waals surface area (Å²) in [6.07, 6.45) is 0. The van der Waals surface area contributed by atoms with Gasteiger partial charge in [0.05, 0.1) is 0 Å². The molecule has 1 aromatic rings. The van der Waals surface area contributed by atoms with Gasteiger partial charge in [0.25, 0.3) is 0 Å². The molecule has 0 unspecified atom stereocenters. The highest BCUT2D eigenvalue weighted by atomic mass is 32.2. The lowest BCUT2D eigenvalue weighted by atomic mass is 10.2. The van der Waals surface area contributed by atoms with Gasteiger partial charge in [0.15, 0.2) is 0 Å². The maximum Gasteiger partial charge on any atom is 0.393 e. The summed E-state index contributed by atoms with van der Waals surface area (Å²) >= 11 is 0.0619. The van der Waals surface area contributed by atoms with Crippen molar-refractivity contribution in [3.8, 4) is 0 Å². The molecule has 0 bridgehead atoms. The summed E-state index contributed by atoms with van der Waals surface area (Å²) in [6.45, 7) is 3.43. The van der Waals surface area contributed by atoms with Crippen molar-refractivity contribution in [3.63, 3.8) is 0 Å². The Labute approximate surface area is 90.3 Å². The summed E-state index contributed by atoms with van der Waals surface area (Å²) in [4.78, 5) is 10.5. The third-order valence-corrected chi connectivity index (χ3v) is 2.92. The van der Waals surface area contributed by atoms with Crippen LogP contribution in [-0.2, 0) is 4.79 Å². The lowest BCUT2D eigenvalue weighted by Crippen LogP contribution is -2.23. The molecule has 0 fully saturated rings. The first-order valence-electron chi connectivity index (χ1n) is 4.20. The highest BCUT2D eigenvalue weighted by Crippen LogP contribution is 2.37. The van der Waals surface area contributed by atoms with Crippen molar-refractivity contribution in [2.45, 2.75) is 24.0 Å². The minimum atomic E-state index is -3.78. The molecule has 1 rings (SSSR count). The summed E-state index contributed by atoms with van der Waals surface area (Å²) < 4.78 is 25.8. The van der Waals surface area contributed by atoms with Crippen LogP contribution in [0.2, 0.25) is 0 Å². The third-order valence-electron chi connectivity index (χ3n) is 1.83. The number of aryl methyl sites for hydroxylation is 2. The molecule has 15 heavy (non-hydrogen) atoms. The Hall–Kier alpha value is -1.10. The van der Waals surface area contributed by atoms with Crippen molar-refractivity contribution in [2.75, 3.05) is 0 Å². The Morgan fingerprint density at radius 3 is 2.53 bits per heavy atom. The number of rotatable bonds is 3. The van der Waals surface area contributed by atoms with Crippen molar-refractivity contribution < 1.29 is 18.7 Å². The fraction of sp³-hybridized carbons (Fsp3) is 0.300. The standard InChI is InChI=1S/C10H10F2O2S/c1-6-3-4-7(2)8(5-6)15-10(11,12)9(13)14/h3-5H,1-2H3,(H,13,14). The first-order valence-corrected chi connectivity index (χ1v) is 5.02. The zero-order chi connectivity index (χ0) is 11.6. The van der Waals surface area contributed by atoms with Gasteiger partial charge >= 0.3 is 11.2 Å². The first kappa shape index (κ1) is 12.0. The number of alkyl halides is 2. The molecular weight excluding hydrogens is 222 g/mol. The fourth-order valence-electron chi connectivity index (χ4n) is 0.999. The molecule has 0 heterocycles. The summed E-state index contributed by atoms with van der Waals surface area (Å²) in [6, 6.07) is 5.03. The molecular formula is C10H10F2O2S. The van der Waals surface area contributed by atoms with Gasteiger partial charge in [-0.05, 0) is 42.8 Å². The molecule has 0 saturated carbocycles. The Morgan fingerprint density at radius 2 is 2.00 bits per heavy atom. The van der Waals surface area contributed by atoms with Gasteiger partial charge in [-0.15, -0.1) is 0 Å². The number of carboxylic acid groups (broad SMARTS) is 1. The second-order valence-corrected chi connectivity index (χ2v) is 4.35. The van der Waals surface area contributed by atoms with Crippen molar-refractivity contribution in [1.82, 2.24) is 0 Å². The van der Waals surface area contributed by atoms with Crippen LogP contribution < -0.4 is 0 Å². The molecule has 0 radical (unpaired) electrons. The topological polar surface area (TPSA) is 37.3 Å². The monoisotopic (exact) mass is 232 g/mol. The number of carbonyl (C=O) groups is 1. The van der Waals surface area contributed by atoms with Gasteiger partial charge in [-0.3, -0.25) is 0 Å². The van der Waals surface area contributed by atoms with Crippen LogP contribution in [-0.4, -0.2) is 16.3 Å². The summed E-state index contributed by atoms with van der Waals surface area (Å²) in [7, 11) is 0. The van der Waals surface area contributed by atoms with E-state index in [2.05, 4.69) is 0 Å². The molecule has 2 nitrogen and oxygen atoms in total. The molecule has 0 aliphatic carbocycles. The summed E-state index contributed by atoms with van der Waals surface area (Å²) in [5, 5.41) is 4.51. The van der Waals surface area contributed by atoms with E-state index in [4.69, 9.17) is 5.11 Å². The van der Waals surface area contributed by atoms with Gasteiger partial charge in [-0.1, -0.05) is 12.1 Å². The van der Waals surface area contributed by atoms with Crippen LogP contribution in [0.4, 0.5) is 8.78 Å². The maximum absolute atomic E-state index is 12.9. The lowest BCUT2D eigenvalue weighted by Gasteiger charge is -2.12. The molecule has 5 heteroatoms. The lowest BCUT2D eigenvalue weighted by molar-refractivity contribution is -0.152. The van der Waals surface area contributed by atoms with Crippen LogP contribution in [0.1, 0.15) is 11.1 Å². The second kappa shape index (κ2) is 4.18. The number of hydrogen-bond acceptors (Lipinski definition) is 2. The van der Waals surface area contributed by atoms with Gasteiger partial charge in [-0.2, -0.15) is 8.78 Å². The van der Waals surface area contributed by atoms with Crippen molar-refractivity contribution in [2.24, 2.45) is 0 Å². The number of halogens is 2. The van der Waals surface area contributed by atoms with E-state index < -0.39 is 11.2 Å². The SMILES string of the molecule is Cc1ccc(C)c(SC(F)(F)C(=O)O)c1. The Bertz CT molecular complexity index is 391. The minimum Gasteiger partial charge on any atom is -0.476 e. The van der Waals surface area contributed by atoms with E-state index in [1.807, 2.05) is 0 Å². The Kier molecular flexibility index (Phi) is 3.34. The molecule has 0 aliphatic rings. The number of carboxylic acids is 1. The molecule has 0 atom stereocenters. The number of hydrogen-bond donors (Lipinski definition) is 1. The average molecular weight is 232 g/mol. The molecule has 0 amide bonds. The number of benzene rings is 1. The van der Waals surface area contributed by atoms with Gasteiger partial charge in [0, 0.05) is 4.90 Å². The van der Waals surface area contributed by atoms with Gasteiger partial charge in [0.1, 0.15) is 0 Å². The summed E-state index contributed by atoms with van der Waals surface area (Å²) in [5.74, 6) is -2.12. The van der Waals surface area contributed by atoms with Gasteiger partial charge in [0.2, 0.25) is 0 Å². The van der Waals surface area contributed by atoms with E-state index in [0.717, 1.165) is 5.56 Å². The second-order valence-electron chi connectivity index (χ2n) is 3.19. The highest BCUT2D eigenvalue weighted by Gasteiger charge is 2.40. The van der Waals surface area contributed by atoms with E-state index >= 15 is 0 Å². The van der Waals surface area contributed by atoms with Crippen LogP contribution in [0, 0.1) is 13.8 Å². The van der Waals surface area contributed by atoms with Crippen LogP contribution >= 0.6 is 11.8 Å². The highest BCUT2D eigenvalue weighted by molar-refractivity contribution is 8.01. The molecule has 0 spiro atoms. The molecule has 82 valence electrons. The molecule has 0 saturated heterocycles. The van der Waals surface area contributed by atoms with E-state index in [9.17, 15) is 13.6 Å².